The number of hydrogen-bond acceptors (Lipinski definition) is 6. The number of aliphatic hydroxyl groups excluding tert-OH is 1. The molecule has 19 heavy (non-hydrogen) atoms. The second-order valence-corrected chi connectivity index (χ2v) is 4.52. The Balaban J connectivity index is 2.22. The molecule has 7 heteroatoms. The summed E-state index contributed by atoms with van der Waals surface area (Å²) in [5, 5.41) is 9.67. The minimum Gasteiger partial charge on any atom is -0.393 e. The summed E-state index contributed by atoms with van der Waals surface area (Å²) in [7, 11) is 0. The standard InChI is InChI=1S/C12H18ClN3O3/c1-2-19-9(8-17)12-14-10(13)7-11(15-12)16-3-5-18-6-4-16/h7,9,17H,2-6,8H2,1H3. The summed E-state index contributed by atoms with van der Waals surface area (Å²) in [5.41, 5.74) is 0. The summed E-state index contributed by atoms with van der Waals surface area (Å²) in [6, 6.07) is 1.72. The highest BCUT2D eigenvalue weighted by molar-refractivity contribution is 6.29. The van der Waals surface area contributed by atoms with Gasteiger partial charge in [-0.05, 0) is 6.92 Å². The lowest BCUT2D eigenvalue weighted by Crippen LogP contribution is -2.37. The van der Waals surface area contributed by atoms with Crippen LogP contribution in [0.5, 0.6) is 0 Å². The van der Waals surface area contributed by atoms with Crippen LogP contribution in [0, 0.1) is 0 Å². The fraction of sp³-hybridized carbons (Fsp3) is 0.667. The van der Waals surface area contributed by atoms with Crippen LogP contribution in [0.15, 0.2) is 6.07 Å². The van der Waals surface area contributed by atoms with E-state index in [-0.39, 0.29) is 6.61 Å². The maximum absolute atomic E-state index is 9.32. The molecule has 1 aromatic rings. The van der Waals surface area contributed by atoms with Crippen LogP contribution in [0.25, 0.3) is 0 Å². The zero-order valence-electron chi connectivity index (χ0n) is 10.9. The van der Waals surface area contributed by atoms with Gasteiger partial charge >= 0.3 is 0 Å². The molecular formula is C12H18ClN3O3. The molecule has 1 aliphatic rings. The van der Waals surface area contributed by atoms with Crippen LogP contribution in [0.4, 0.5) is 5.82 Å². The van der Waals surface area contributed by atoms with Gasteiger partial charge < -0.3 is 19.5 Å². The fourth-order valence-electron chi connectivity index (χ4n) is 1.93. The van der Waals surface area contributed by atoms with E-state index in [2.05, 4.69) is 14.9 Å². The van der Waals surface area contributed by atoms with Crippen molar-refractivity contribution in [2.75, 3.05) is 44.4 Å². The van der Waals surface area contributed by atoms with Crippen molar-refractivity contribution in [3.05, 3.63) is 17.0 Å². The molecular weight excluding hydrogens is 270 g/mol. The summed E-state index contributed by atoms with van der Waals surface area (Å²) in [6.45, 7) is 5.05. The average molecular weight is 288 g/mol. The van der Waals surface area contributed by atoms with Crippen molar-refractivity contribution in [3.8, 4) is 0 Å². The van der Waals surface area contributed by atoms with Gasteiger partial charge in [0.05, 0.1) is 19.8 Å². The topological polar surface area (TPSA) is 67.7 Å². The van der Waals surface area contributed by atoms with Crippen LogP contribution >= 0.6 is 11.6 Å². The van der Waals surface area contributed by atoms with Gasteiger partial charge in [-0.15, -0.1) is 0 Å². The molecule has 0 radical (unpaired) electrons. The molecule has 0 amide bonds. The zero-order valence-corrected chi connectivity index (χ0v) is 11.6. The van der Waals surface area contributed by atoms with E-state index in [1.165, 1.54) is 0 Å². The first kappa shape index (κ1) is 14.5. The number of aliphatic hydroxyl groups is 1. The predicted octanol–water partition coefficient (Wildman–Crippen LogP) is 1.04. The highest BCUT2D eigenvalue weighted by atomic mass is 35.5. The molecule has 0 saturated carbocycles. The van der Waals surface area contributed by atoms with Gasteiger partial charge in [0, 0.05) is 25.8 Å². The smallest absolute Gasteiger partial charge is 0.163 e. The number of rotatable bonds is 5. The van der Waals surface area contributed by atoms with Gasteiger partial charge in [0.25, 0.3) is 0 Å². The summed E-state index contributed by atoms with van der Waals surface area (Å²) in [6.07, 6.45) is -0.538. The zero-order chi connectivity index (χ0) is 13.7. The largest absolute Gasteiger partial charge is 0.393 e. The van der Waals surface area contributed by atoms with E-state index in [4.69, 9.17) is 21.1 Å². The quantitative estimate of drug-likeness (QED) is 0.816. The summed E-state index contributed by atoms with van der Waals surface area (Å²) >= 11 is 6.02. The lowest BCUT2D eigenvalue weighted by molar-refractivity contribution is 0.0134. The van der Waals surface area contributed by atoms with Crippen LogP contribution < -0.4 is 4.90 Å². The van der Waals surface area contributed by atoms with Crippen molar-refractivity contribution < 1.29 is 14.6 Å². The maximum Gasteiger partial charge on any atom is 0.163 e. The monoisotopic (exact) mass is 287 g/mol. The third-order valence-electron chi connectivity index (χ3n) is 2.86. The first-order valence-corrected chi connectivity index (χ1v) is 6.72. The normalized spacial score (nSPS) is 17.5. The lowest BCUT2D eigenvalue weighted by atomic mass is 10.3. The molecule has 1 fully saturated rings. The molecule has 1 saturated heterocycles. The summed E-state index contributed by atoms with van der Waals surface area (Å²) in [4.78, 5) is 10.7. The Morgan fingerprint density at radius 1 is 1.47 bits per heavy atom. The van der Waals surface area contributed by atoms with Crippen molar-refractivity contribution in [2.45, 2.75) is 13.0 Å². The van der Waals surface area contributed by atoms with Crippen LogP contribution in [-0.2, 0) is 9.47 Å². The average Bonchev–Trinajstić information content (AvgIpc) is 2.45. The molecule has 1 aromatic heterocycles. The van der Waals surface area contributed by atoms with Gasteiger partial charge in [-0.1, -0.05) is 11.6 Å². The molecule has 6 nitrogen and oxygen atoms in total. The summed E-state index contributed by atoms with van der Waals surface area (Å²) < 4.78 is 10.7. The van der Waals surface area contributed by atoms with E-state index < -0.39 is 6.10 Å². The van der Waals surface area contributed by atoms with Gasteiger partial charge in [-0.3, -0.25) is 0 Å². The number of anilines is 1. The highest BCUT2D eigenvalue weighted by Gasteiger charge is 2.19. The molecule has 2 rings (SSSR count). The molecule has 0 spiro atoms. The van der Waals surface area contributed by atoms with Crippen LogP contribution in [0.1, 0.15) is 18.9 Å². The Hall–Kier alpha value is -0.950. The highest BCUT2D eigenvalue weighted by Crippen LogP contribution is 2.21. The van der Waals surface area contributed by atoms with E-state index in [9.17, 15) is 5.11 Å². The Bertz CT molecular complexity index is 390. The SMILES string of the molecule is CCOC(CO)c1nc(Cl)cc(N2CCOCC2)n1. The maximum atomic E-state index is 9.32. The Labute approximate surface area is 117 Å². The van der Waals surface area contributed by atoms with Crippen molar-refractivity contribution in [3.63, 3.8) is 0 Å². The minimum atomic E-state index is -0.538. The van der Waals surface area contributed by atoms with E-state index >= 15 is 0 Å². The second-order valence-electron chi connectivity index (χ2n) is 4.13. The Morgan fingerprint density at radius 2 is 2.21 bits per heavy atom. The van der Waals surface area contributed by atoms with Crippen molar-refractivity contribution >= 4 is 17.4 Å². The number of halogens is 1. The van der Waals surface area contributed by atoms with E-state index in [0.717, 1.165) is 18.9 Å². The van der Waals surface area contributed by atoms with Crippen molar-refractivity contribution in [1.82, 2.24) is 9.97 Å². The molecule has 1 unspecified atom stereocenters. The molecule has 1 N–H and O–H groups in total. The number of aromatic nitrogens is 2. The van der Waals surface area contributed by atoms with E-state index in [1.807, 2.05) is 6.92 Å². The molecule has 1 aliphatic heterocycles. The number of morpholine rings is 1. The van der Waals surface area contributed by atoms with Crippen LogP contribution in [-0.4, -0.2) is 54.6 Å². The number of hydrogen-bond donors (Lipinski definition) is 1. The minimum absolute atomic E-state index is 0.170. The molecule has 0 aliphatic carbocycles. The van der Waals surface area contributed by atoms with Crippen LogP contribution in [0.2, 0.25) is 5.15 Å². The molecule has 0 bridgehead atoms. The van der Waals surface area contributed by atoms with Crippen molar-refractivity contribution in [2.24, 2.45) is 0 Å². The second kappa shape index (κ2) is 7.00. The first-order chi connectivity index (χ1) is 9.24. The van der Waals surface area contributed by atoms with E-state index in [1.54, 1.807) is 6.07 Å². The molecule has 106 valence electrons. The van der Waals surface area contributed by atoms with Crippen molar-refractivity contribution in [1.29, 1.82) is 0 Å². The molecule has 1 atom stereocenters. The first-order valence-electron chi connectivity index (χ1n) is 6.34. The molecule has 0 aromatic carbocycles. The number of ether oxygens (including phenoxy) is 2. The van der Waals surface area contributed by atoms with E-state index in [0.29, 0.717) is 30.8 Å². The fourth-order valence-corrected chi connectivity index (χ4v) is 2.12. The summed E-state index contributed by atoms with van der Waals surface area (Å²) in [5.74, 6) is 1.16. The van der Waals surface area contributed by atoms with Gasteiger partial charge in [0.2, 0.25) is 0 Å². The van der Waals surface area contributed by atoms with Crippen LogP contribution in [0.3, 0.4) is 0 Å². The van der Waals surface area contributed by atoms with Gasteiger partial charge in [-0.2, -0.15) is 0 Å². The number of nitrogens with zero attached hydrogens (tertiary/aromatic N) is 3. The third kappa shape index (κ3) is 3.76. The molecule has 2 heterocycles. The van der Waals surface area contributed by atoms with Gasteiger partial charge in [0.15, 0.2) is 5.82 Å². The Morgan fingerprint density at radius 3 is 2.84 bits per heavy atom. The van der Waals surface area contributed by atoms with Gasteiger partial charge in [0.1, 0.15) is 17.1 Å². The van der Waals surface area contributed by atoms with Gasteiger partial charge in [-0.25, -0.2) is 9.97 Å². The lowest BCUT2D eigenvalue weighted by Gasteiger charge is -2.28. The Kier molecular flexibility index (Phi) is 5.33. The third-order valence-corrected chi connectivity index (χ3v) is 3.05. The predicted molar refractivity (Wildman–Crippen MR) is 71.5 cm³/mol.